The predicted octanol–water partition coefficient (Wildman–Crippen LogP) is 4.70. The third-order valence-corrected chi connectivity index (χ3v) is 9.27. The maximum Gasteiger partial charge on any atom is 0.320 e. The molecule has 6 rings (SSSR count). The number of urea groups is 1. The average Bonchev–Trinajstić information content (AvgIpc) is 3.40. The number of halogens is 1. The Morgan fingerprint density at radius 2 is 1.87 bits per heavy atom. The predicted molar refractivity (Wildman–Crippen MR) is 145 cm³/mol. The zero-order chi connectivity index (χ0) is 26.3. The lowest BCUT2D eigenvalue weighted by Crippen LogP contribution is -2.56. The van der Waals surface area contributed by atoms with E-state index in [-0.39, 0.29) is 35.0 Å². The first-order valence-electron chi connectivity index (χ1n) is 13.9. The lowest BCUT2D eigenvalue weighted by Gasteiger charge is -2.49. The van der Waals surface area contributed by atoms with Gasteiger partial charge in [0.25, 0.3) is 5.56 Å². The molecule has 2 saturated heterocycles. The second-order valence-electron chi connectivity index (χ2n) is 11.5. The number of carbonyl (C=O) groups excluding carboxylic acids is 1. The zero-order valence-electron chi connectivity index (χ0n) is 21.8. The molecule has 200 valence electrons. The van der Waals surface area contributed by atoms with Crippen LogP contribution in [0.2, 0.25) is 0 Å². The molecule has 1 aromatic heterocycles. The summed E-state index contributed by atoms with van der Waals surface area (Å²) in [5.41, 5.74) is 7.78. The quantitative estimate of drug-likeness (QED) is 0.546. The molecule has 0 unspecified atom stereocenters. The van der Waals surface area contributed by atoms with E-state index in [9.17, 15) is 14.0 Å². The standard InChI is InChI=1S/C30H36FN5O2/c31-23-8-9-26-25(16-23)28(37)35(20-33-26)18-22-10-14-34(19-30(22)12-4-5-13-30)29(38)36-15-11-24(32)17-27(36)21-6-2-1-3-7-21/h1-3,6-9,16,20,22,24,27H,4-5,10-15,17-19,32H2/t22-,24+,27-/m0/s1. The molecule has 3 aromatic rings. The summed E-state index contributed by atoms with van der Waals surface area (Å²) in [6, 6.07) is 14.6. The van der Waals surface area contributed by atoms with E-state index in [1.54, 1.807) is 17.0 Å². The van der Waals surface area contributed by atoms with Crippen LogP contribution >= 0.6 is 0 Å². The Labute approximate surface area is 222 Å². The van der Waals surface area contributed by atoms with E-state index in [4.69, 9.17) is 5.73 Å². The number of benzene rings is 2. The summed E-state index contributed by atoms with van der Waals surface area (Å²) in [5.74, 6) is -0.167. The molecular formula is C30H36FN5O2. The van der Waals surface area contributed by atoms with Crippen molar-refractivity contribution < 1.29 is 9.18 Å². The molecular weight excluding hydrogens is 481 g/mol. The first kappa shape index (κ1) is 25.0. The second kappa shape index (κ2) is 10.1. The topological polar surface area (TPSA) is 84.5 Å². The first-order valence-corrected chi connectivity index (χ1v) is 13.9. The molecule has 0 radical (unpaired) electrons. The van der Waals surface area contributed by atoms with Crippen LogP contribution in [0.15, 0.2) is 59.7 Å². The molecule has 2 N–H and O–H groups in total. The Balaban J connectivity index is 1.23. The highest BCUT2D eigenvalue weighted by Gasteiger charge is 2.47. The number of hydrogen-bond donors (Lipinski definition) is 1. The fraction of sp³-hybridized carbons (Fsp3) is 0.500. The number of carbonyl (C=O) groups is 1. The zero-order valence-corrected chi connectivity index (χ0v) is 21.8. The molecule has 0 bridgehead atoms. The molecule has 38 heavy (non-hydrogen) atoms. The lowest BCUT2D eigenvalue weighted by molar-refractivity contribution is 0.0215. The minimum absolute atomic E-state index is 0.00708. The summed E-state index contributed by atoms with van der Waals surface area (Å²) in [6.45, 7) is 2.59. The largest absolute Gasteiger partial charge is 0.328 e. The number of aromatic nitrogens is 2. The van der Waals surface area contributed by atoms with Gasteiger partial charge in [-0.15, -0.1) is 0 Å². The van der Waals surface area contributed by atoms with Gasteiger partial charge in [-0.1, -0.05) is 43.2 Å². The number of fused-ring (bicyclic) bond motifs is 1. The van der Waals surface area contributed by atoms with Crippen LogP contribution in [0.25, 0.3) is 10.9 Å². The van der Waals surface area contributed by atoms with Crippen LogP contribution in [0, 0.1) is 17.2 Å². The van der Waals surface area contributed by atoms with E-state index in [0.29, 0.717) is 37.1 Å². The van der Waals surface area contributed by atoms with Crippen molar-refractivity contribution in [3.63, 3.8) is 0 Å². The van der Waals surface area contributed by atoms with Crippen LogP contribution in [0.1, 0.15) is 56.6 Å². The van der Waals surface area contributed by atoms with E-state index in [0.717, 1.165) is 50.5 Å². The highest BCUT2D eigenvalue weighted by molar-refractivity contribution is 5.77. The summed E-state index contributed by atoms with van der Waals surface area (Å²) >= 11 is 0. The summed E-state index contributed by atoms with van der Waals surface area (Å²) in [5, 5.41) is 0.316. The van der Waals surface area contributed by atoms with E-state index >= 15 is 0 Å². The van der Waals surface area contributed by atoms with E-state index in [1.165, 1.54) is 12.1 Å². The molecule has 1 aliphatic carbocycles. The van der Waals surface area contributed by atoms with Crippen LogP contribution < -0.4 is 11.3 Å². The smallest absolute Gasteiger partial charge is 0.320 e. The van der Waals surface area contributed by atoms with Gasteiger partial charge in [-0.25, -0.2) is 14.2 Å². The number of nitrogens with zero attached hydrogens (tertiary/aromatic N) is 4. The van der Waals surface area contributed by atoms with Crippen molar-refractivity contribution in [2.45, 2.75) is 63.6 Å². The van der Waals surface area contributed by atoms with Gasteiger partial charge < -0.3 is 15.5 Å². The molecule has 7 nitrogen and oxygen atoms in total. The van der Waals surface area contributed by atoms with Crippen molar-refractivity contribution in [3.05, 3.63) is 76.6 Å². The highest BCUT2D eigenvalue weighted by Crippen LogP contribution is 2.49. The van der Waals surface area contributed by atoms with Crippen LogP contribution in [-0.4, -0.2) is 51.1 Å². The van der Waals surface area contributed by atoms with Crippen LogP contribution in [0.4, 0.5) is 9.18 Å². The van der Waals surface area contributed by atoms with Crippen molar-refractivity contribution in [3.8, 4) is 0 Å². The fourth-order valence-electron chi connectivity index (χ4n) is 7.19. The van der Waals surface area contributed by atoms with E-state index in [1.807, 2.05) is 23.1 Å². The molecule has 3 aliphatic rings. The summed E-state index contributed by atoms with van der Waals surface area (Å²) in [7, 11) is 0. The number of nitrogens with two attached hydrogens (primary N) is 1. The first-order chi connectivity index (χ1) is 18.4. The third kappa shape index (κ3) is 4.59. The third-order valence-electron chi connectivity index (χ3n) is 9.27. The Morgan fingerprint density at radius 1 is 1.08 bits per heavy atom. The Hall–Kier alpha value is -3.26. The lowest BCUT2D eigenvalue weighted by atomic mass is 9.69. The fourth-order valence-corrected chi connectivity index (χ4v) is 7.19. The summed E-state index contributed by atoms with van der Waals surface area (Å²) in [4.78, 5) is 35.7. The van der Waals surface area contributed by atoms with Crippen molar-refractivity contribution in [2.24, 2.45) is 17.1 Å². The van der Waals surface area contributed by atoms with Gasteiger partial charge in [-0.05, 0) is 67.2 Å². The van der Waals surface area contributed by atoms with Crippen molar-refractivity contribution in [1.29, 1.82) is 0 Å². The molecule has 2 amide bonds. The molecule has 1 spiro atoms. The van der Waals surface area contributed by atoms with Crippen molar-refractivity contribution in [1.82, 2.24) is 19.4 Å². The van der Waals surface area contributed by atoms with E-state index < -0.39 is 5.82 Å². The van der Waals surface area contributed by atoms with Crippen LogP contribution in [-0.2, 0) is 6.54 Å². The summed E-state index contributed by atoms with van der Waals surface area (Å²) in [6.07, 6.45) is 8.41. The molecule has 3 atom stereocenters. The SMILES string of the molecule is N[C@@H]1CCN(C(=O)N2CC[C@@H](Cn3cnc4ccc(F)cc4c3=O)C3(CCCC3)C2)[C@H](c2ccccc2)C1. The number of amides is 2. The van der Waals surface area contributed by atoms with Gasteiger partial charge in [0, 0.05) is 32.2 Å². The Kier molecular flexibility index (Phi) is 6.68. The minimum Gasteiger partial charge on any atom is -0.328 e. The Bertz CT molecular complexity index is 1370. The average molecular weight is 518 g/mol. The molecule has 3 heterocycles. The monoisotopic (exact) mass is 517 g/mol. The number of piperidine rings is 2. The van der Waals surface area contributed by atoms with Crippen molar-refractivity contribution >= 4 is 16.9 Å². The molecule has 2 aromatic carbocycles. The van der Waals surface area contributed by atoms with Gasteiger partial charge in [0.05, 0.1) is 23.3 Å². The van der Waals surface area contributed by atoms with E-state index in [2.05, 4.69) is 22.0 Å². The highest BCUT2D eigenvalue weighted by atomic mass is 19.1. The maximum atomic E-state index is 14.0. The minimum atomic E-state index is -0.430. The van der Waals surface area contributed by atoms with Gasteiger partial charge in [0.2, 0.25) is 0 Å². The molecule has 3 fully saturated rings. The maximum absolute atomic E-state index is 14.0. The number of rotatable bonds is 3. The van der Waals surface area contributed by atoms with Crippen molar-refractivity contribution in [2.75, 3.05) is 19.6 Å². The Morgan fingerprint density at radius 3 is 2.66 bits per heavy atom. The molecule has 8 heteroatoms. The van der Waals surface area contributed by atoms with Gasteiger partial charge >= 0.3 is 6.03 Å². The van der Waals surface area contributed by atoms with Gasteiger partial charge in [-0.3, -0.25) is 9.36 Å². The molecule has 2 aliphatic heterocycles. The summed E-state index contributed by atoms with van der Waals surface area (Å²) < 4.78 is 15.5. The number of hydrogen-bond acceptors (Lipinski definition) is 4. The van der Waals surface area contributed by atoms with Gasteiger partial charge in [-0.2, -0.15) is 0 Å². The van der Waals surface area contributed by atoms with Gasteiger partial charge in [0.15, 0.2) is 0 Å². The van der Waals surface area contributed by atoms with Gasteiger partial charge in [0.1, 0.15) is 5.82 Å². The van der Waals surface area contributed by atoms with Crippen LogP contribution in [0.3, 0.4) is 0 Å². The molecule has 1 saturated carbocycles. The van der Waals surface area contributed by atoms with Crippen LogP contribution in [0.5, 0.6) is 0 Å². The normalized spacial score (nSPS) is 25.3. The number of likely N-dealkylation sites (tertiary alicyclic amines) is 2. The second-order valence-corrected chi connectivity index (χ2v) is 11.5.